The number of aryl methyl sites for hydroxylation is 1. The van der Waals surface area contributed by atoms with E-state index in [4.69, 9.17) is 14.1 Å². The first kappa shape index (κ1) is 22.8. The van der Waals surface area contributed by atoms with E-state index >= 15 is 0 Å². The molecule has 4 rings (SSSR count). The molecule has 4 heterocycles. The third-order valence-electron chi connectivity index (χ3n) is 6.30. The fourth-order valence-electron chi connectivity index (χ4n) is 4.21. The number of likely N-dealkylation sites (tertiary alicyclic amines) is 1. The lowest BCUT2D eigenvalue weighted by Crippen LogP contribution is -2.46. The SMILES string of the molecule is Cc1nnc(CN=C(NCCN2CCOCC2)NCC(c2ccco2)N2CCCC2)n1C. The van der Waals surface area contributed by atoms with E-state index in [1.807, 2.05) is 24.6 Å². The second kappa shape index (κ2) is 11.4. The molecule has 1 atom stereocenters. The second-order valence-corrected chi connectivity index (χ2v) is 8.42. The first-order valence-electron chi connectivity index (χ1n) is 11.7. The predicted octanol–water partition coefficient (Wildman–Crippen LogP) is 0.921. The van der Waals surface area contributed by atoms with Gasteiger partial charge in [-0.15, -0.1) is 10.2 Å². The number of guanidine groups is 1. The number of ether oxygens (including phenoxy) is 1. The molecule has 0 amide bonds. The van der Waals surface area contributed by atoms with Crippen LogP contribution in [0, 0.1) is 6.92 Å². The molecule has 32 heavy (non-hydrogen) atoms. The van der Waals surface area contributed by atoms with Gasteiger partial charge in [0.25, 0.3) is 0 Å². The van der Waals surface area contributed by atoms with Gasteiger partial charge in [-0.1, -0.05) is 0 Å². The number of nitrogens with zero attached hydrogens (tertiary/aromatic N) is 6. The van der Waals surface area contributed by atoms with Gasteiger partial charge in [-0.25, -0.2) is 4.99 Å². The minimum Gasteiger partial charge on any atom is -0.468 e. The van der Waals surface area contributed by atoms with Gasteiger partial charge in [0.2, 0.25) is 0 Å². The van der Waals surface area contributed by atoms with E-state index in [-0.39, 0.29) is 6.04 Å². The van der Waals surface area contributed by atoms with Gasteiger partial charge >= 0.3 is 0 Å². The van der Waals surface area contributed by atoms with Gasteiger partial charge in [0.15, 0.2) is 11.8 Å². The Morgan fingerprint density at radius 2 is 1.97 bits per heavy atom. The normalized spacial score (nSPS) is 19.4. The summed E-state index contributed by atoms with van der Waals surface area (Å²) in [5.74, 6) is 3.52. The molecule has 0 aromatic carbocycles. The maximum atomic E-state index is 5.77. The molecule has 0 radical (unpaired) electrons. The molecule has 2 aliphatic rings. The van der Waals surface area contributed by atoms with Gasteiger partial charge in [0.05, 0.1) is 25.5 Å². The number of aromatic nitrogens is 3. The number of nitrogens with one attached hydrogen (secondary N) is 2. The quantitative estimate of drug-likeness (QED) is 0.436. The van der Waals surface area contributed by atoms with Crippen LogP contribution in [-0.4, -0.2) is 89.6 Å². The fourth-order valence-corrected chi connectivity index (χ4v) is 4.21. The number of rotatable bonds is 9. The summed E-state index contributed by atoms with van der Waals surface area (Å²) in [5, 5.41) is 15.4. The number of furan rings is 1. The zero-order valence-corrected chi connectivity index (χ0v) is 19.3. The van der Waals surface area contributed by atoms with Crippen molar-refractivity contribution in [2.45, 2.75) is 32.4 Å². The Morgan fingerprint density at radius 3 is 2.66 bits per heavy atom. The molecule has 0 aliphatic carbocycles. The van der Waals surface area contributed by atoms with Crippen LogP contribution in [0.1, 0.15) is 36.3 Å². The summed E-state index contributed by atoms with van der Waals surface area (Å²) in [4.78, 5) is 9.71. The summed E-state index contributed by atoms with van der Waals surface area (Å²) in [6, 6.07) is 4.22. The molecule has 2 aromatic heterocycles. The molecule has 2 aliphatic heterocycles. The number of aliphatic imine (C=N–C) groups is 1. The van der Waals surface area contributed by atoms with Crippen molar-refractivity contribution in [2.24, 2.45) is 12.0 Å². The van der Waals surface area contributed by atoms with Crippen molar-refractivity contribution >= 4 is 5.96 Å². The van der Waals surface area contributed by atoms with E-state index in [2.05, 4.69) is 36.7 Å². The molecule has 10 nitrogen and oxygen atoms in total. The summed E-state index contributed by atoms with van der Waals surface area (Å²) in [5.41, 5.74) is 0. The van der Waals surface area contributed by atoms with E-state index in [0.717, 1.165) is 82.4 Å². The molecule has 0 spiro atoms. The highest BCUT2D eigenvalue weighted by molar-refractivity contribution is 5.79. The lowest BCUT2D eigenvalue weighted by Gasteiger charge is -2.28. The summed E-state index contributed by atoms with van der Waals surface area (Å²) in [6.45, 7) is 10.7. The fraction of sp³-hybridized carbons (Fsp3) is 0.682. The first-order valence-corrected chi connectivity index (χ1v) is 11.7. The minimum atomic E-state index is 0.191. The average Bonchev–Trinajstić information content (AvgIpc) is 3.58. The summed E-state index contributed by atoms with van der Waals surface area (Å²) in [7, 11) is 1.97. The molecule has 2 fully saturated rings. The highest BCUT2D eigenvalue weighted by Crippen LogP contribution is 2.24. The Morgan fingerprint density at radius 1 is 1.16 bits per heavy atom. The largest absolute Gasteiger partial charge is 0.468 e. The van der Waals surface area contributed by atoms with Gasteiger partial charge in [0, 0.05) is 39.8 Å². The Balaban J connectivity index is 1.39. The van der Waals surface area contributed by atoms with E-state index in [0.29, 0.717) is 6.54 Å². The zero-order valence-electron chi connectivity index (χ0n) is 19.3. The molecule has 1 unspecified atom stereocenters. The lowest BCUT2D eigenvalue weighted by molar-refractivity contribution is 0.0389. The molecule has 2 N–H and O–H groups in total. The molecule has 10 heteroatoms. The molecule has 176 valence electrons. The van der Waals surface area contributed by atoms with Crippen molar-refractivity contribution in [3.8, 4) is 0 Å². The van der Waals surface area contributed by atoms with Gasteiger partial charge in [0.1, 0.15) is 18.1 Å². The van der Waals surface area contributed by atoms with Crippen LogP contribution in [0.3, 0.4) is 0 Å². The number of hydrogen-bond acceptors (Lipinski definition) is 7. The van der Waals surface area contributed by atoms with Crippen LogP contribution in [-0.2, 0) is 18.3 Å². The minimum absolute atomic E-state index is 0.191. The topological polar surface area (TPSA) is 96.0 Å². The molecule has 2 aromatic rings. The molecule has 0 saturated carbocycles. The number of morpholine rings is 1. The van der Waals surface area contributed by atoms with Crippen LogP contribution in [0.2, 0.25) is 0 Å². The number of hydrogen-bond donors (Lipinski definition) is 2. The first-order chi connectivity index (χ1) is 15.7. The van der Waals surface area contributed by atoms with E-state index < -0.39 is 0 Å². The van der Waals surface area contributed by atoms with Crippen LogP contribution in [0.15, 0.2) is 27.8 Å². The second-order valence-electron chi connectivity index (χ2n) is 8.42. The van der Waals surface area contributed by atoms with Crippen molar-refractivity contribution in [3.63, 3.8) is 0 Å². The maximum Gasteiger partial charge on any atom is 0.191 e. The smallest absolute Gasteiger partial charge is 0.191 e. The Hall–Kier alpha value is -2.43. The third kappa shape index (κ3) is 6.08. The Bertz CT molecular complexity index is 838. The molecule has 2 saturated heterocycles. The third-order valence-corrected chi connectivity index (χ3v) is 6.30. The molecular weight excluding hydrogens is 408 g/mol. The predicted molar refractivity (Wildman–Crippen MR) is 122 cm³/mol. The van der Waals surface area contributed by atoms with Crippen molar-refractivity contribution in [2.75, 3.05) is 59.0 Å². The van der Waals surface area contributed by atoms with Crippen LogP contribution in [0.25, 0.3) is 0 Å². The van der Waals surface area contributed by atoms with Crippen molar-refractivity contribution in [1.82, 2.24) is 35.2 Å². The maximum absolute atomic E-state index is 5.77. The van der Waals surface area contributed by atoms with Crippen molar-refractivity contribution in [1.29, 1.82) is 0 Å². The average molecular weight is 445 g/mol. The summed E-state index contributed by atoms with van der Waals surface area (Å²) in [6.07, 6.45) is 4.23. The van der Waals surface area contributed by atoms with Gasteiger partial charge in [-0.2, -0.15) is 0 Å². The van der Waals surface area contributed by atoms with Crippen LogP contribution in [0.5, 0.6) is 0 Å². The summed E-state index contributed by atoms with van der Waals surface area (Å²) >= 11 is 0. The Kier molecular flexibility index (Phi) is 8.13. The van der Waals surface area contributed by atoms with Crippen molar-refractivity contribution in [3.05, 3.63) is 35.8 Å². The zero-order chi connectivity index (χ0) is 22.2. The van der Waals surface area contributed by atoms with Gasteiger partial charge in [-0.3, -0.25) is 9.80 Å². The Labute approximate surface area is 190 Å². The van der Waals surface area contributed by atoms with Crippen LogP contribution < -0.4 is 10.6 Å². The van der Waals surface area contributed by atoms with E-state index in [1.54, 1.807) is 6.26 Å². The monoisotopic (exact) mass is 444 g/mol. The van der Waals surface area contributed by atoms with Gasteiger partial charge in [-0.05, 0) is 45.0 Å². The van der Waals surface area contributed by atoms with E-state index in [9.17, 15) is 0 Å². The molecular formula is C22H36N8O2. The van der Waals surface area contributed by atoms with Crippen molar-refractivity contribution < 1.29 is 9.15 Å². The van der Waals surface area contributed by atoms with Crippen LogP contribution >= 0.6 is 0 Å². The highest BCUT2D eigenvalue weighted by Gasteiger charge is 2.25. The lowest BCUT2D eigenvalue weighted by atomic mass is 10.2. The summed E-state index contributed by atoms with van der Waals surface area (Å²) < 4.78 is 13.2. The molecule has 0 bridgehead atoms. The highest BCUT2D eigenvalue weighted by atomic mass is 16.5. The van der Waals surface area contributed by atoms with Gasteiger partial charge < -0.3 is 24.4 Å². The van der Waals surface area contributed by atoms with E-state index in [1.165, 1.54) is 12.8 Å². The standard InChI is InChI=1S/C22H36N8O2/c1-18-26-27-21(28(18)2)17-25-22(23-7-10-29-11-14-31-15-12-29)24-16-19(20-6-5-13-32-20)30-8-3-4-9-30/h5-6,13,19H,3-4,7-12,14-17H2,1-2H3,(H2,23,24,25). The van der Waals surface area contributed by atoms with Crippen LogP contribution in [0.4, 0.5) is 0 Å².